The van der Waals surface area contributed by atoms with Gasteiger partial charge in [-0.1, -0.05) is 23.7 Å². The van der Waals surface area contributed by atoms with Crippen molar-refractivity contribution in [3.63, 3.8) is 0 Å². The average molecular weight is 407 g/mol. The van der Waals surface area contributed by atoms with E-state index in [1.807, 2.05) is 6.92 Å². The predicted octanol–water partition coefficient (Wildman–Crippen LogP) is 4.04. The van der Waals surface area contributed by atoms with Gasteiger partial charge in [-0.25, -0.2) is 8.42 Å². The van der Waals surface area contributed by atoms with Crippen molar-refractivity contribution in [2.45, 2.75) is 24.7 Å². The fraction of sp³-hybridized carbons (Fsp3) is 0.350. The molecule has 0 radical (unpaired) electrons. The van der Waals surface area contributed by atoms with Crippen LogP contribution in [0.1, 0.15) is 30.1 Å². The third-order valence-corrected chi connectivity index (χ3v) is 6.77. The molecule has 0 heterocycles. The molecule has 1 amide bonds. The van der Waals surface area contributed by atoms with Gasteiger partial charge in [0, 0.05) is 30.7 Å². The van der Waals surface area contributed by atoms with Crippen molar-refractivity contribution in [2.75, 3.05) is 24.4 Å². The van der Waals surface area contributed by atoms with Gasteiger partial charge < -0.3 is 4.90 Å². The van der Waals surface area contributed by atoms with Gasteiger partial charge in [-0.15, -0.1) is 0 Å². The lowest BCUT2D eigenvalue weighted by Gasteiger charge is -2.22. The number of anilines is 1. The highest BCUT2D eigenvalue weighted by molar-refractivity contribution is 7.92. The number of sulfonamides is 1. The summed E-state index contributed by atoms with van der Waals surface area (Å²) in [6.07, 6.45) is 2.31. The van der Waals surface area contributed by atoms with Gasteiger partial charge in [0.05, 0.1) is 10.6 Å². The van der Waals surface area contributed by atoms with Gasteiger partial charge in [-0.3, -0.25) is 9.10 Å². The lowest BCUT2D eigenvalue weighted by Crippen LogP contribution is -2.33. The van der Waals surface area contributed by atoms with Crippen LogP contribution in [0.25, 0.3) is 0 Å². The summed E-state index contributed by atoms with van der Waals surface area (Å²) < 4.78 is 27.2. The first kappa shape index (κ1) is 19.7. The van der Waals surface area contributed by atoms with Crippen molar-refractivity contribution in [3.8, 4) is 0 Å². The van der Waals surface area contributed by atoms with Crippen LogP contribution in [0.5, 0.6) is 0 Å². The van der Waals surface area contributed by atoms with E-state index in [0.717, 1.165) is 19.4 Å². The van der Waals surface area contributed by atoms with Crippen molar-refractivity contribution in [2.24, 2.45) is 5.92 Å². The minimum absolute atomic E-state index is 0.0818. The number of nitrogens with zero attached hydrogens (tertiary/aromatic N) is 2. The van der Waals surface area contributed by atoms with E-state index in [-0.39, 0.29) is 10.8 Å². The molecule has 0 spiro atoms. The second-order valence-electron chi connectivity index (χ2n) is 6.77. The van der Waals surface area contributed by atoms with E-state index in [0.29, 0.717) is 28.7 Å². The smallest absolute Gasteiger partial charge is 0.264 e. The Labute approximate surface area is 165 Å². The highest BCUT2D eigenvalue weighted by atomic mass is 35.5. The predicted molar refractivity (Wildman–Crippen MR) is 108 cm³/mol. The van der Waals surface area contributed by atoms with E-state index in [1.54, 1.807) is 41.3 Å². The van der Waals surface area contributed by atoms with Crippen LogP contribution in [0, 0.1) is 5.92 Å². The van der Waals surface area contributed by atoms with Crippen molar-refractivity contribution in [1.29, 1.82) is 0 Å². The minimum Gasteiger partial charge on any atom is -0.339 e. The van der Waals surface area contributed by atoms with Crippen LogP contribution in [0.15, 0.2) is 53.4 Å². The quantitative estimate of drug-likeness (QED) is 0.697. The molecule has 0 aliphatic heterocycles. The Bertz CT molecular complexity index is 942. The normalized spacial score (nSPS) is 14.0. The van der Waals surface area contributed by atoms with Gasteiger partial charge in [0.1, 0.15) is 0 Å². The number of hydrogen-bond donors (Lipinski definition) is 0. The third kappa shape index (κ3) is 4.45. The fourth-order valence-electron chi connectivity index (χ4n) is 2.91. The summed E-state index contributed by atoms with van der Waals surface area (Å²) in [5, 5.41) is 0.456. The Morgan fingerprint density at radius 3 is 2.48 bits per heavy atom. The molecule has 1 saturated carbocycles. The maximum atomic E-state index is 13.0. The lowest BCUT2D eigenvalue weighted by atomic mass is 10.2. The fourth-order valence-corrected chi connectivity index (χ4v) is 4.33. The Kier molecular flexibility index (Phi) is 5.77. The van der Waals surface area contributed by atoms with Crippen molar-refractivity contribution < 1.29 is 13.2 Å². The van der Waals surface area contributed by atoms with Crippen LogP contribution in [-0.4, -0.2) is 39.4 Å². The van der Waals surface area contributed by atoms with Gasteiger partial charge in [0.25, 0.3) is 15.9 Å². The van der Waals surface area contributed by atoms with Crippen LogP contribution in [0.4, 0.5) is 5.69 Å². The van der Waals surface area contributed by atoms with Gasteiger partial charge in [-0.2, -0.15) is 0 Å². The molecule has 0 atom stereocenters. The van der Waals surface area contributed by atoms with Crippen molar-refractivity contribution >= 4 is 33.2 Å². The molecule has 7 heteroatoms. The van der Waals surface area contributed by atoms with E-state index in [2.05, 4.69) is 0 Å². The number of halogens is 1. The molecule has 0 saturated heterocycles. The van der Waals surface area contributed by atoms with Crippen molar-refractivity contribution in [1.82, 2.24) is 4.90 Å². The highest BCUT2D eigenvalue weighted by Gasteiger charge is 2.27. The molecule has 5 nitrogen and oxygen atoms in total. The Balaban J connectivity index is 1.88. The molecule has 27 heavy (non-hydrogen) atoms. The number of hydrogen-bond acceptors (Lipinski definition) is 3. The van der Waals surface area contributed by atoms with Crippen LogP contribution in [0.2, 0.25) is 5.02 Å². The summed E-state index contributed by atoms with van der Waals surface area (Å²) in [5.74, 6) is 0.446. The lowest BCUT2D eigenvalue weighted by molar-refractivity contribution is 0.0756. The van der Waals surface area contributed by atoms with Gasteiger partial charge in [0.2, 0.25) is 0 Å². The molecular weight excluding hydrogens is 384 g/mol. The Morgan fingerprint density at radius 2 is 1.85 bits per heavy atom. The number of benzene rings is 2. The number of carbonyl (C=O) groups is 1. The molecule has 3 rings (SSSR count). The summed E-state index contributed by atoms with van der Waals surface area (Å²) in [7, 11) is -2.33. The summed E-state index contributed by atoms with van der Waals surface area (Å²) >= 11 is 5.98. The summed E-state index contributed by atoms with van der Waals surface area (Å²) in [4.78, 5) is 14.7. The monoisotopic (exact) mass is 406 g/mol. The van der Waals surface area contributed by atoms with Gasteiger partial charge in [0.15, 0.2) is 0 Å². The second-order valence-corrected chi connectivity index (χ2v) is 9.17. The minimum atomic E-state index is -3.80. The van der Waals surface area contributed by atoms with Gasteiger partial charge >= 0.3 is 0 Å². The summed E-state index contributed by atoms with van der Waals surface area (Å²) in [6.45, 7) is 3.28. The van der Waals surface area contributed by atoms with Gasteiger partial charge in [-0.05, 0) is 62.1 Å². The molecule has 144 valence electrons. The standard InChI is InChI=1S/C20H23ClN2O3S/c1-3-23(14-15-10-11-15)20(24)16-6-4-9-19(12-16)27(25,26)22(2)18-8-5-7-17(21)13-18/h4-9,12-13,15H,3,10-11,14H2,1-2H3. The first-order chi connectivity index (χ1) is 12.8. The number of amides is 1. The highest BCUT2D eigenvalue weighted by Crippen LogP contribution is 2.30. The van der Waals surface area contributed by atoms with Crippen LogP contribution < -0.4 is 4.31 Å². The zero-order chi connectivity index (χ0) is 19.6. The Morgan fingerprint density at radius 1 is 1.15 bits per heavy atom. The van der Waals surface area contributed by atoms with Crippen LogP contribution in [0.3, 0.4) is 0 Å². The largest absolute Gasteiger partial charge is 0.339 e. The van der Waals surface area contributed by atoms with E-state index < -0.39 is 10.0 Å². The molecule has 1 fully saturated rings. The summed E-state index contributed by atoms with van der Waals surface area (Å²) in [6, 6.07) is 12.9. The third-order valence-electron chi connectivity index (χ3n) is 4.76. The first-order valence-corrected chi connectivity index (χ1v) is 10.8. The van der Waals surface area contributed by atoms with Crippen LogP contribution in [-0.2, 0) is 10.0 Å². The SMILES string of the molecule is CCN(CC1CC1)C(=O)c1cccc(S(=O)(=O)N(C)c2cccc(Cl)c2)c1. The van der Waals surface area contributed by atoms with Crippen molar-refractivity contribution in [3.05, 3.63) is 59.1 Å². The zero-order valence-corrected chi connectivity index (χ0v) is 17.0. The average Bonchev–Trinajstić information content (AvgIpc) is 3.49. The molecular formula is C20H23ClN2O3S. The first-order valence-electron chi connectivity index (χ1n) is 8.96. The zero-order valence-electron chi connectivity index (χ0n) is 15.4. The number of carbonyl (C=O) groups excluding carboxylic acids is 1. The Hall–Kier alpha value is -2.05. The molecule has 0 unspecified atom stereocenters. The van der Waals surface area contributed by atoms with Crippen LogP contribution >= 0.6 is 11.6 Å². The number of rotatable bonds is 7. The molecule has 2 aromatic carbocycles. The maximum absolute atomic E-state index is 13.0. The second kappa shape index (κ2) is 7.90. The molecule has 2 aromatic rings. The van der Waals surface area contributed by atoms with E-state index >= 15 is 0 Å². The molecule has 0 bridgehead atoms. The van der Waals surface area contributed by atoms with E-state index in [9.17, 15) is 13.2 Å². The van der Waals surface area contributed by atoms with E-state index in [1.165, 1.54) is 23.5 Å². The van der Waals surface area contributed by atoms with E-state index in [4.69, 9.17) is 11.6 Å². The summed E-state index contributed by atoms with van der Waals surface area (Å²) in [5.41, 5.74) is 0.848. The topological polar surface area (TPSA) is 57.7 Å². The maximum Gasteiger partial charge on any atom is 0.264 e. The molecule has 1 aliphatic carbocycles. The molecule has 0 aromatic heterocycles. The molecule has 1 aliphatic rings. The molecule has 0 N–H and O–H groups in total.